The van der Waals surface area contributed by atoms with Crippen molar-refractivity contribution in [2.24, 2.45) is 0 Å². The molecule has 1 aliphatic rings. The number of nitrogen functional groups attached to an aromatic ring is 1. The summed E-state index contributed by atoms with van der Waals surface area (Å²) >= 11 is 0. The van der Waals surface area contributed by atoms with Crippen LogP contribution in [0.25, 0.3) is 11.1 Å². The molecule has 0 heterocycles. The van der Waals surface area contributed by atoms with E-state index in [1.54, 1.807) is 0 Å². The van der Waals surface area contributed by atoms with E-state index in [0.717, 1.165) is 12.1 Å². The van der Waals surface area contributed by atoms with Crippen LogP contribution < -0.4 is 5.73 Å². The molecule has 0 radical (unpaired) electrons. The molecule has 0 fully saturated rings. The van der Waals surface area contributed by atoms with E-state index in [-0.39, 0.29) is 39.3 Å². The molecule has 134 valence electrons. The maximum Gasteiger partial charge on any atom is 0.202 e. The van der Waals surface area contributed by atoms with Gasteiger partial charge in [-0.05, 0) is 35.9 Å². The first-order valence-corrected chi connectivity index (χ1v) is 7.90. The zero-order chi connectivity index (χ0) is 19.5. The molecule has 0 saturated heterocycles. The third-order valence-corrected chi connectivity index (χ3v) is 4.58. The minimum absolute atomic E-state index is 0.0183. The van der Waals surface area contributed by atoms with Crippen molar-refractivity contribution in [1.29, 1.82) is 0 Å². The highest BCUT2D eigenvalue weighted by Crippen LogP contribution is 2.45. The van der Waals surface area contributed by atoms with E-state index >= 15 is 0 Å². The van der Waals surface area contributed by atoms with Crippen molar-refractivity contribution in [3.63, 3.8) is 0 Å². The van der Waals surface area contributed by atoms with Gasteiger partial charge in [-0.2, -0.15) is 0 Å². The van der Waals surface area contributed by atoms with Crippen LogP contribution in [0.1, 0.15) is 31.8 Å². The summed E-state index contributed by atoms with van der Waals surface area (Å²) in [6.07, 6.45) is 0. The van der Waals surface area contributed by atoms with Gasteiger partial charge in [-0.3, -0.25) is 9.59 Å². The monoisotopic (exact) mass is 363 g/mol. The summed E-state index contributed by atoms with van der Waals surface area (Å²) in [4.78, 5) is 25.8. The minimum Gasteiger partial charge on any atom is -0.508 e. The van der Waals surface area contributed by atoms with E-state index in [1.807, 2.05) is 0 Å². The highest BCUT2D eigenvalue weighted by molar-refractivity contribution is 6.33. The van der Waals surface area contributed by atoms with Gasteiger partial charge in [0.2, 0.25) is 11.6 Å². The molecule has 0 unspecified atom stereocenters. The molecule has 0 spiro atoms. The molecule has 0 saturated carbocycles. The van der Waals surface area contributed by atoms with Gasteiger partial charge in [-0.25, -0.2) is 0 Å². The molecular formula is C20H13NO6. The number of nitrogens with two attached hydrogens (primary N) is 1. The van der Waals surface area contributed by atoms with Gasteiger partial charge in [0.1, 0.15) is 23.0 Å². The van der Waals surface area contributed by atoms with Gasteiger partial charge < -0.3 is 26.2 Å². The summed E-state index contributed by atoms with van der Waals surface area (Å²) < 4.78 is 0. The Morgan fingerprint density at radius 3 is 1.74 bits per heavy atom. The zero-order valence-corrected chi connectivity index (χ0v) is 13.7. The number of ketones is 2. The highest BCUT2D eigenvalue weighted by atomic mass is 16.3. The fourth-order valence-electron chi connectivity index (χ4n) is 3.31. The Morgan fingerprint density at radius 2 is 1.19 bits per heavy atom. The van der Waals surface area contributed by atoms with Crippen LogP contribution in [0.4, 0.5) is 5.69 Å². The molecule has 1 aliphatic carbocycles. The van der Waals surface area contributed by atoms with Crippen LogP contribution in [-0.2, 0) is 0 Å². The number of fused-ring (bicyclic) bond motifs is 2. The predicted octanol–water partition coefficient (Wildman–Crippen LogP) is 2.53. The van der Waals surface area contributed by atoms with E-state index in [1.165, 1.54) is 30.3 Å². The van der Waals surface area contributed by atoms with Crippen molar-refractivity contribution in [2.75, 3.05) is 5.73 Å². The summed E-state index contributed by atoms with van der Waals surface area (Å²) in [7, 11) is 0. The molecule has 0 bridgehead atoms. The van der Waals surface area contributed by atoms with Crippen molar-refractivity contribution in [1.82, 2.24) is 0 Å². The SMILES string of the molecule is Nc1cc(-c2ccc(O)cc2)c(O)c2c1C(=O)c1c(O)ccc(O)c1C2=O. The Hall–Kier alpha value is -4.00. The predicted molar refractivity (Wildman–Crippen MR) is 96.3 cm³/mol. The molecule has 6 N–H and O–H groups in total. The first-order chi connectivity index (χ1) is 12.8. The number of aromatic hydroxyl groups is 4. The number of phenols is 4. The first-order valence-electron chi connectivity index (χ1n) is 7.90. The molecule has 4 rings (SSSR count). The van der Waals surface area contributed by atoms with E-state index < -0.39 is 28.8 Å². The number of rotatable bonds is 1. The van der Waals surface area contributed by atoms with Crippen molar-refractivity contribution >= 4 is 17.3 Å². The van der Waals surface area contributed by atoms with Gasteiger partial charge in [-0.15, -0.1) is 0 Å². The Morgan fingerprint density at radius 1 is 0.667 bits per heavy atom. The summed E-state index contributed by atoms with van der Waals surface area (Å²) in [6.45, 7) is 0. The summed E-state index contributed by atoms with van der Waals surface area (Å²) in [5.41, 5.74) is 5.29. The van der Waals surface area contributed by atoms with Crippen molar-refractivity contribution in [3.05, 3.63) is 64.7 Å². The van der Waals surface area contributed by atoms with Gasteiger partial charge in [0, 0.05) is 11.3 Å². The van der Waals surface area contributed by atoms with Crippen molar-refractivity contribution < 1.29 is 30.0 Å². The van der Waals surface area contributed by atoms with Crippen LogP contribution in [0.15, 0.2) is 42.5 Å². The quantitative estimate of drug-likeness (QED) is 0.258. The Labute approximate surface area is 152 Å². The molecule has 27 heavy (non-hydrogen) atoms. The van der Waals surface area contributed by atoms with Gasteiger partial charge >= 0.3 is 0 Å². The third-order valence-electron chi connectivity index (χ3n) is 4.58. The maximum absolute atomic E-state index is 13.0. The van der Waals surface area contributed by atoms with Crippen LogP contribution >= 0.6 is 0 Å². The molecule has 0 aliphatic heterocycles. The fraction of sp³-hybridized carbons (Fsp3) is 0. The number of anilines is 1. The Kier molecular flexibility index (Phi) is 3.35. The fourth-order valence-corrected chi connectivity index (χ4v) is 3.31. The first kappa shape index (κ1) is 16.5. The lowest BCUT2D eigenvalue weighted by Gasteiger charge is -2.23. The normalized spacial score (nSPS) is 12.6. The minimum atomic E-state index is -0.821. The Balaban J connectivity index is 2.04. The highest BCUT2D eigenvalue weighted by Gasteiger charge is 2.38. The molecule has 3 aromatic carbocycles. The largest absolute Gasteiger partial charge is 0.508 e. The van der Waals surface area contributed by atoms with Gasteiger partial charge in [0.25, 0.3) is 0 Å². The number of benzene rings is 3. The lowest BCUT2D eigenvalue weighted by atomic mass is 9.80. The Bertz CT molecular complexity index is 1150. The van der Waals surface area contributed by atoms with Crippen LogP contribution in [0, 0.1) is 0 Å². The standard InChI is InChI=1S/C20H13NO6/c21-11-7-10(8-1-3-9(22)4-2-8)18(25)17-14(11)19(26)15-12(23)5-6-13(24)16(15)20(17)27/h1-7,22-25H,21H2. The molecular weight excluding hydrogens is 350 g/mol. The number of phenolic OH excluding ortho intramolecular Hbond substituents is 4. The van der Waals surface area contributed by atoms with Crippen molar-refractivity contribution in [2.45, 2.75) is 0 Å². The van der Waals surface area contributed by atoms with Crippen LogP contribution in [-0.4, -0.2) is 32.0 Å². The average Bonchev–Trinajstić information content (AvgIpc) is 2.63. The van der Waals surface area contributed by atoms with Gasteiger partial charge in [-0.1, -0.05) is 12.1 Å². The van der Waals surface area contributed by atoms with Gasteiger partial charge in [0.05, 0.1) is 22.3 Å². The van der Waals surface area contributed by atoms with E-state index in [2.05, 4.69) is 0 Å². The van der Waals surface area contributed by atoms with Crippen LogP contribution in [0.2, 0.25) is 0 Å². The maximum atomic E-state index is 13.0. The molecule has 7 nitrogen and oxygen atoms in total. The summed E-state index contributed by atoms with van der Waals surface area (Å²) in [5.74, 6) is -3.00. The molecule has 0 amide bonds. The number of carbonyl (C=O) groups excluding carboxylic acids is 2. The molecule has 0 aromatic heterocycles. The second kappa shape index (κ2) is 5.50. The number of hydrogen-bond donors (Lipinski definition) is 5. The topological polar surface area (TPSA) is 141 Å². The molecule has 3 aromatic rings. The smallest absolute Gasteiger partial charge is 0.202 e. The lowest BCUT2D eigenvalue weighted by molar-refractivity contribution is 0.0972. The molecule has 0 atom stereocenters. The van der Waals surface area contributed by atoms with Crippen molar-refractivity contribution in [3.8, 4) is 34.1 Å². The third kappa shape index (κ3) is 2.22. The van der Waals surface area contributed by atoms with E-state index in [4.69, 9.17) is 5.73 Å². The average molecular weight is 363 g/mol. The number of hydrogen-bond acceptors (Lipinski definition) is 7. The summed E-state index contributed by atoms with van der Waals surface area (Å²) in [6, 6.07) is 9.37. The van der Waals surface area contributed by atoms with Crippen LogP contribution in [0.3, 0.4) is 0 Å². The zero-order valence-electron chi connectivity index (χ0n) is 13.7. The lowest BCUT2D eigenvalue weighted by Crippen LogP contribution is -2.23. The van der Waals surface area contributed by atoms with Crippen LogP contribution in [0.5, 0.6) is 23.0 Å². The number of carbonyl (C=O) groups is 2. The van der Waals surface area contributed by atoms with E-state index in [0.29, 0.717) is 5.56 Å². The summed E-state index contributed by atoms with van der Waals surface area (Å²) in [5, 5.41) is 40.2. The molecule has 7 heteroatoms. The van der Waals surface area contributed by atoms with E-state index in [9.17, 15) is 30.0 Å². The second-order valence-electron chi connectivity index (χ2n) is 6.17. The second-order valence-corrected chi connectivity index (χ2v) is 6.17. The van der Waals surface area contributed by atoms with Gasteiger partial charge in [0.15, 0.2) is 0 Å².